The molecule has 1 rings (SSSR count). The fourth-order valence-electron chi connectivity index (χ4n) is 1.52. The molecule has 1 fully saturated rings. The summed E-state index contributed by atoms with van der Waals surface area (Å²) in [7, 11) is 0. The Balaban J connectivity index is 2.46. The molecule has 0 aromatic carbocycles. The van der Waals surface area contributed by atoms with Crippen molar-refractivity contribution in [2.75, 3.05) is 6.61 Å². The zero-order valence-electron chi connectivity index (χ0n) is 8.92. The molecule has 1 aliphatic rings. The minimum Gasteiger partial charge on any atom is -0.394 e. The van der Waals surface area contributed by atoms with E-state index in [4.69, 9.17) is 10.8 Å². The van der Waals surface area contributed by atoms with Gasteiger partial charge < -0.3 is 16.2 Å². The molecule has 1 atom stereocenters. The van der Waals surface area contributed by atoms with E-state index in [1.54, 1.807) is 0 Å². The van der Waals surface area contributed by atoms with E-state index in [1.807, 2.05) is 13.8 Å². The number of carbonyl (C=O) groups is 1. The van der Waals surface area contributed by atoms with Crippen LogP contribution in [0.5, 0.6) is 0 Å². The summed E-state index contributed by atoms with van der Waals surface area (Å²) >= 11 is 0. The Labute approximate surface area is 84.9 Å². The van der Waals surface area contributed by atoms with Gasteiger partial charge in [0.25, 0.3) is 0 Å². The second-order valence-electron chi connectivity index (χ2n) is 4.52. The number of amides is 1. The molecule has 4 N–H and O–H groups in total. The van der Waals surface area contributed by atoms with Gasteiger partial charge in [0.2, 0.25) is 5.91 Å². The van der Waals surface area contributed by atoms with Crippen LogP contribution in [0, 0.1) is 5.92 Å². The average Bonchev–Trinajstić information content (AvgIpc) is 2.09. The summed E-state index contributed by atoms with van der Waals surface area (Å²) < 4.78 is 0. The van der Waals surface area contributed by atoms with Gasteiger partial charge in [0, 0.05) is 0 Å². The Morgan fingerprint density at radius 3 is 2.43 bits per heavy atom. The minimum absolute atomic E-state index is 0.0283. The maximum absolute atomic E-state index is 11.7. The lowest BCUT2D eigenvalue weighted by atomic mass is 9.77. The third kappa shape index (κ3) is 2.25. The Morgan fingerprint density at radius 1 is 1.57 bits per heavy atom. The molecule has 4 heteroatoms. The molecule has 1 saturated carbocycles. The summed E-state index contributed by atoms with van der Waals surface area (Å²) in [5.74, 6) is 0.115. The Kier molecular flexibility index (Phi) is 3.50. The van der Waals surface area contributed by atoms with Crippen molar-refractivity contribution in [3.63, 3.8) is 0 Å². The van der Waals surface area contributed by atoms with Crippen LogP contribution in [0.2, 0.25) is 0 Å². The summed E-state index contributed by atoms with van der Waals surface area (Å²) in [6.07, 6.45) is 2.54. The monoisotopic (exact) mass is 200 g/mol. The van der Waals surface area contributed by atoms with E-state index in [1.165, 1.54) is 0 Å². The SMILES string of the molecule is CC(C)C(CO)NC(=O)C1(N)CCC1. The zero-order chi connectivity index (χ0) is 10.8. The summed E-state index contributed by atoms with van der Waals surface area (Å²) in [5, 5.41) is 11.8. The first-order chi connectivity index (χ1) is 6.49. The number of rotatable bonds is 4. The van der Waals surface area contributed by atoms with Crippen LogP contribution in [-0.2, 0) is 4.79 Å². The van der Waals surface area contributed by atoms with Gasteiger partial charge in [-0.2, -0.15) is 0 Å². The molecule has 4 nitrogen and oxygen atoms in total. The Hall–Kier alpha value is -0.610. The molecule has 0 heterocycles. The minimum atomic E-state index is -0.664. The molecule has 0 aromatic rings. The van der Waals surface area contributed by atoms with Gasteiger partial charge in [0.15, 0.2) is 0 Å². The zero-order valence-corrected chi connectivity index (χ0v) is 8.92. The third-order valence-electron chi connectivity index (χ3n) is 3.02. The molecule has 0 spiro atoms. The van der Waals surface area contributed by atoms with E-state index >= 15 is 0 Å². The van der Waals surface area contributed by atoms with E-state index in [0.717, 1.165) is 19.3 Å². The van der Waals surface area contributed by atoms with E-state index in [-0.39, 0.29) is 24.5 Å². The first-order valence-electron chi connectivity index (χ1n) is 5.20. The van der Waals surface area contributed by atoms with Crippen LogP contribution in [0.15, 0.2) is 0 Å². The van der Waals surface area contributed by atoms with Crippen molar-refractivity contribution >= 4 is 5.91 Å². The van der Waals surface area contributed by atoms with E-state index < -0.39 is 5.54 Å². The van der Waals surface area contributed by atoms with Crippen LogP contribution in [0.1, 0.15) is 33.1 Å². The van der Waals surface area contributed by atoms with Gasteiger partial charge in [-0.25, -0.2) is 0 Å². The van der Waals surface area contributed by atoms with E-state index in [0.29, 0.717) is 0 Å². The first-order valence-corrected chi connectivity index (χ1v) is 5.20. The summed E-state index contributed by atoms with van der Waals surface area (Å²) in [6.45, 7) is 3.90. The van der Waals surface area contributed by atoms with Crippen molar-refractivity contribution < 1.29 is 9.90 Å². The molecule has 14 heavy (non-hydrogen) atoms. The highest BCUT2D eigenvalue weighted by Crippen LogP contribution is 2.29. The van der Waals surface area contributed by atoms with Crippen molar-refractivity contribution in [3.05, 3.63) is 0 Å². The lowest BCUT2D eigenvalue weighted by Crippen LogP contribution is -2.61. The highest BCUT2D eigenvalue weighted by Gasteiger charge is 2.40. The van der Waals surface area contributed by atoms with Crippen LogP contribution in [0.3, 0.4) is 0 Å². The van der Waals surface area contributed by atoms with Crippen LogP contribution >= 0.6 is 0 Å². The predicted octanol–water partition coefficient (Wildman–Crippen LogP) is 0.000900. The molecule has 82 valence electrons. The first kappa shape index (κ1) is 11.5. The maximum Gasteiger partial charge on any atom is 0.240 e. The molecule has 0 saturated heterocycles. The van der Waals surface area contributed by atoms with Gasteiger partial charge >= 0.3 is 0 Å². The lowest BCUT2D eigenvalue weighted by Gasteiger charge is -2.37. The summed E-state index contributed by atoms with van der Waals surface area (Å²) in [4.78, 5) is 11.7. The number of nitrogens with two attached hydrogens (primary N) is 1. The third-order valence-corrected chi connectivity index (χ3v) is 3.02. The highest BCUT2D eigenvalue weighted by atomic mass is 16.3. The van der Waals surface area contributed by atoms with Gasteiger partial charge in [-0.05, 0) is 25.2 Å². The molecular weight excluding hydrogens is 180 g/mol. The topological polar surface area (TPSA) is 75.3 Å². The number of aliphatic hydroxyl groups excluding tert-OH is 1. The lowest BCUT2D eigenvalue weighted by molar-refractivity contribution is -0.130. The van der Waals surface area contributed by atoms with Crippen molar-refractivity contribution in [2.24, 2.45) is 11.7 Å². The largest absolute Gasteiger partial charge is 0.394 e. The molecule has 0 aliphatic heterocycles. The smallest absolute Gasteiger partial charge is 0.240 e. The van der Waals surface area contributed by atoms with E-state index in [9.17, 15) is 4.79 Å². The number of hydrogen-bond donors (Lipinski definition) is 3. The maximum atomic E-state index is 11.7. The van der Waals surface area contributed by atoms with E-state index in [2.05, 4.69) is 5.32 Å². The number of aliphatic hydroxyl groups is 1. The molecular formula is C10H20N2O2. The summed E-state index contributed by atoms with van der Waals surface area (Å²) in [5.41, 5.74) is 5.19. The number of nitrogens with one attached hydrogen (secondary N) is 1. The van der Waals surface area contributed by atoms with Gasteiger partial charge in [0.05, 0.1) is 18.2 Å². The fourth-order valence-corrected chi connectivity index (χ4v) is 1.52. The predicted molar refractivity (Wildman–Crippen MR) is 54.6 cm³/mol. The molecule has 1 aliphatic carbocycles. The molecule has 1 unspecified atom stereocenters. The second-order valence-corrected chi connectivity index (χ2v) is 4.52. The molecule has 0 aromatic heterocycles. The Bertz CT molecular complexity index is 212. The number of carbonyl (C=O) groups excluding carboxylic acids is 1. The standard InChI is InChI=1S/C10H20N2O2/c1-7(2)8(6-13)12-9(14)10(11)4-3-5-10/h7-8,13H,3-6,11H2,1-2H3,(H,12,14). The molecule has 1 amide bonds. The van der Waals surface area contributed by atoms with Crippen LogP contribution < -0.4 is 11.1 Å². The van der Waals surface area contributed by atoms with Gasteiger partial charge in [0.1, 0.15) is 0 Å². The van der Waals surface area contributed by atoms with Crippen LogP contribution in [0.25, 0.3) is 0 Å². The quantitative estimate of drug-likeness (QED) is 0.598. The van der Waals surface area contributed by atoms with Crippen molar-refractivity contribution in [2.45, 2.75) is 44.7 Å². The molecule has 0 bridgehead atoms. The van der Waals surface area contributed by atoms with Crippen LogP contribution in [-0.4, -0.2) is 29.2 Å². The number of hydrogen-bond acceptors (Lipinski definition) is 3. The second kappa shape index (κ2) is 4.28. The van der Waals surface area contributed by atoms with Gasteiger partial charge in [-0.15, -0.1) is 0 Å². The van der Waals surface area contributed by atoms with Crippen molar-refractivity contribution in [1.82, 2.24) is 5.32 Å². The van der Waals surface area contributed by atoms with Crippen molar-refractivity contribution in [3.8, 4) is 0 Å². The van der Waals surface area contributed by atoms with Gasteiger partial charge in [-0.3, -0.25) is 4.79 Å². The van der Waals surface area contributed by atoms with Crippen LogP contribution in [0.4, 0.5) is 0 Å². The average molecular weight is 200 g/mol. The van der Waals surface area contributed by atoms with Gasteiger partial charge in [-0.1, -0.05) is 13.8 Å². The Morgan fingerprint density at radius 2 is 2.14 bits per heavy atom. The van der Waals surface area contributed by atoms with Crippen molar-refractivity contribution in [1.29, 1.82) is 0 Å². The summed E-state index contributed by atoms with van der Waals surface area (Å²) in [6, 6.07) is -0.177. The highest BCUT2D eigenvalue weighted by molar-refractivity contribution is 5.87. The normalized spacial score (nSPS) is 21.5. The molecule has 0 radical (unpaired) electrons. The fraction of sp³-hybridized carbons (Fsp3) is 0.900.